The van der Waals surface area contributed by atoms with Crippen LogP contribution in [0, 0.1) is 10.1 Å². The Hall–Kier alpha value is -1.73. The third kappa shape index (κ3) is 6.27. The van der Waals surface area contributed by atoms with Crippen molar-refractivity contribution in [2.24, 2.45) is 16.6 Å². The standard InChI is InChI=1S/CH5N5O3/c2-1(3)4-5-9-6(7)8/h5H,(H4,2,3,4). The van der Waals surface area contributed by atoms with Crippen LogP contribution in [-0.4, -0.2) is 11.0 Å². The van der Waals surface area contributed by atoms with E-state index in [9.17, 15) is 10.1 Å². The molecule has 0 aromatic carbocycles. The van der Waals surface area contributed by atoms with Crippen LogP contribution in [0.15, 0.2) is 5.10 Å². The highest BCUT2D eigenvalue weighted by atomic mass is 17.0. The lowest BCUT2D eigenvalue weighted by Crippen LogP contribution is -2.27. The van der Waals surface area contributed by atoms with E-state index in [1.165, 1.54) is 5.59 Å². The summed E-state index contributed by atoms with van der Waals surface area (Å²) in [5.74, 6) is -0.350. The molecule has 0 saturated carbocycles. The van der Waals surface area contributed by atoms with Crippen molar-refractivity contribution >= 4 is 5.96 Å². The normalized spacial score (nSPS) is 7.56. The zero-order chi connectivity index (χ0) is 7.28. The van der Waals surface area contributed by atoms with E-state index in [2.05, 4.69) is 10.0 Å². The average Bonchev–Trinajstić information content (AvgIpc) is 1.63. The van der Waals surface area contributed by atoms with E-state index in [0.717, 1.165) is 0 Å². The smallest absolute Gasteiger partial charge is 0.318 e. The lowest BCUT2D eigenvalue weighted by Gasteiger charge is -1.92. The summed E-state index contributed by atoms with van der Waals surface area (Å²) in [7, 11) is 0. The molecule has 8 heteroatoms. The molecule has 52 valence electrons. The van der Waals surface area contributed by atoms with Gasteiger partial charge in [-0.05, 0) is 0 Å². The number of guanidine groups is 1. The van der Waals surface area contributed by atoms with Crippen molar-refractivity contribution in [1.82, 2.24) is 5.59 Å². The Kier molecular flexibility index (Phi) is 2.66. The fraction of sp³-hybridized carbons (Fsp3) is 0. The molecule has 0 unspecified atom stereocenters. The van der Waals surface area contributed by atoms with Gasteiger partial charge in [0.1, 0.15) is 0 Å². The molecule has 0 aliphatic heterocycles. The number of rotatable bonds is 3. The van der Waals surface area contributed by atoms with E-state index < -0.39 is 5.09 Å². The van der Waals surface area contributed by atoms with Gasteiger partial charge in [-0.1, -0.05) is 0 Å². The second-order valence-corrected chi connectivity index (χ2v) is 0.943. The van der Waals surface area contributed by atoms with Gasteiger partial charge in [-0.25, -0.2) is 0 Å². The van der Waals surface area contributed by atoms with Gasteiger partial charge in [0.05, 0.1) is 0 Å². The molecule has 8 nitrogen and oxygen atoms in total. The molecular formula is CH5N5O3. The van der Waals surface area contributed by atoms with Gasteiger partial charge in [-0.15, -0.1) is 20.8 Å². The van der Waals surface area contributed by atoms with Gasteiger partial charge in [-0.3, -0.25) is 0 Å². The van der Waals surface area contributed by atoms with Crippen molar-refractivity contribution in [2.75, 3.05) is 0 Å². The van der Waals surface area contributed by atoms with Crippen LogP contribution >= 0.6 is 0 Å². The lowest BCUT2D eigenvalue weighted by atomic mass is 11.1. The SMILES string of the molecule is NC(N)=NNO[N+](=O)[O-]. The van der Waals surface area contributed by atoms with Crippen molar-refractivity contribution in [3.05, 3.63) is 10.1 Å². The molecule has 0 aliphatic carbocycles. The van der Waals surface area contributed by atoms with E-state index in [1.54, 1.807) is 0 Å². The van der Waals surface area contributed by atoms with Crippen LogP contribution in [0.5, 0.6) is 0 Å². The van der Waals surface area contributed by atoms with Crippen LogP contribution in [0.4, 0.5) is 0 Å². The largest absolute Gasteiger partial charge is 0.369 e. The Morgan fingerprint density at radius 1 is 1.78 bits per heavy atom. The monoisotopic (exact) mass is 135 g/mol. The summed E-state index contributed by atoms with van der Waals surface area (Å²) in [6, 6.07) is 0. The van der Waals surface area contributed by atoms with Crippen molar-refractivity contribution in [1.29, 1.82) is 0 Å². The van der Waals surface area contributed by atoms with E-state index in [4.69, 9.17) is 11.5 Å². The van der Waals surface area contributed by atoms with E-state index in [1.807, 2.05) is 0 Å². The van der Waals surface area contributed by atoms with E-state index >= 15 is 0 Å². The van der Waals surface area contributed by atoms with Crippen LogP contribution < -0.4 is 17.1 Å². The molecule has 0 spiro atoms. The quantitative estimate of drug-likeness (QED) is 0.176. The first-order valence-corrected chi connectivity index (χ1v) is 1.78. The number of nitrogens with one attached hydrogen (secondary N) is 1. The molecule has 0 fully saturated rings. The third-order valence-electron chi connectivity index (χ3n) is 0.290. The summed E-state index contributed by atoms with van der Waals surface area (Å²) in [4.78, 5) is 12.8. The highest BCUT2D eigenvalue weighted by Crippen LogP contribution is 1.64. The number of hydrazone groups is 1. The first-order valence-electron chi connectivity index (χ1n) is 1.78. The Labute approximate surface area is 49.5 Å². The Morgan fingerprint density at radius 2 is 2.33 bits per heavy atom. The molecule has 0 radical (unpaired) electrons. The van der Waals surface area contributed by atoms with Crippen LogP contribution in [-0.2, 0) is 4.94 Å². The second kappa shape index (κ2) is 3.29. The van der Waals surface area contributed by atoms with Crippen LogP contribution in [0.2, 0.25) is 0 Å². The molecule has 0 bridgehead atoms. The van der Waals surface area contributed by atoms with Crippen molar-refractivity contribution in [2.45, 2.75) is 0 Å². The summed E-state index contributed by atoms with van der Waals surface area (Å²) in [6.45, 7) is 0. The first-order chi connectivity index (χ1) is 4.13. The number of hydrogen-bond acceptors (Lipinski definition) is 5. The van der Waals surface area contributed by atoms with Gasteiger partial charge in [0.15, 0.2) is 0 Å². The Balaban J connectivity index is 3.31. The molecular weight excluding hydrogens is 130 g/mol. The van der Waals surface area contributed by atoms with E-state index in [0.29, 0.717) is 0 Å². The Morgan fingerprint density at radius 3 is 2.67 bits per heavy atom. The maximum Gasteiger partial charge on any atom is 0.318 e. The fourth-order valence-electron chi connectivity index (χ4n) is 0.106. The molecule has 0 atom stereocenters. The number of nitrogens with two attached hydrogens (primary N) is 2. The molecule has 0 rings (SSSR count). The van der Waals surface area contributed by atoms with Crippen molar-refractivity contribution in [3.8, 4) is 0 Å². The van der Waals surface area contributed by atoms with Crippen molar-refractivity contribution in [3.63, 3.8) is 0 Å². The minimum Gasteiger partial charge on any atom is -0.369 e. The molecule has 0 saturated heterocycles. The minimum atomic E-state index is -1.09. The molecule has 0 heterocycles. The molecule has 0 amide bonds. The maximum absolute atomic E-state index is 9.35. The van der Waals surface area contributed by atoms with Gasteiger partial charge in [0.25, 0.3) is 0 Å². The predicted molar refractivity (Wildman–Crippen MR) is 27.0 cm³/mol. The summed E-state index contributed by atoms with van der Waals surface area (Å²) in [5.41, 5.74) is 11.0. The van der Waals surface area contributed by atoms with Crippen LogP contribution in [0.25, 0.3) is 0 Å². The van der Waals surface area contributed by atoms with Gasteiger partial charge < -0.3 is 11.5 Å². The molecule has 0 aromatic heterocycles. The predicted octanol–water partition coefficient (Wildman–Crippen LogP) is -2.11. The summed E-state index contributed by atoms with van der Waals surface area (Å²) in [5, 5.41) is 11.2. The highest BCUT2D eigenvalue weighted by molar-refractivity contribution is 5.75. The van der Waals surface area contributed by atoms with Gasteiger partial charge in [-0.2, -0.15) is 4.94 Å². The summed E-state index contributed by atoms with van der Waals surface area (Å²) < 4.78 is 0. The van der Waals surface area contributed by atoms with Gasteiger partial charge >= 0.3 is 5.09 Å². The summed E-state index contributed by atoms with van der Waals surface area (Å²) >= 11 is 0. The molecule has 9 heavy (non-hydrogen) atoms. The van der Waals surface area contributed by atoms with Gasteiger partial charge in [0, 0.05) is 0 Å². The van der Waals surface area contributed by atoms with Crippen molar-refractivity contribution < 1.29 is 10.0 Å². The number of hydrogen-bond donors (Lipinski definition) is 3. The third-order valence-corrected chi connectivity index (χ3v) is 0.290. The maximum atomic E-state index is 9.35. The fourth-order valence-corrected chi connectivity index (χ4v) is 0.106. The summed E-state index contributed by atoms with van der Waals surface area (Å²) in [6.07, 6.45) is 0. The number of nitrogens with zero attached hydrogens (tertiary/aromatic N) is 2. The zero-order valence-corrected chi connectivity index (χ0v) is 4.27. The second-order valence-electron chi connectivity index (χ2n) is 0.943. The van der Waals surface area contributed by atoms with Crippen LogP contribution in [0.3, 0.4) is 0 Å². The van der Waals surface area contributed by atoms with Gasteiger partial charge in [0.2, 0.25) is 5.96 Å². The molecule has 0 aromatic rings. The Bertz CT molecular complexity index is 126. The average molecular weight is 135 g/mol. The minimum absolute atomic E-state index is 0.350. The highest BCUT2D eigenvalue weighted by Gasteiger charge is 1.88. The topological polar surface area (TPSA) is 129 Å². The zero-order valence-electron chi connectivity index (χ0n) is 4.27. The first kappa shape index (κ1) is 7.27. The molecule has 5 N–H and O–H groups in total. The van der Waals surface area contributed by atoms with E-state index in [-0.39, 0.29) is 5.96 Å². The van der Waals surface area contributed by atoms with Crippen LogP contribution in [0.1, 0.15) is 0 Å². The lowest BCUT2D eigenvalue weighted by molar-refractivity contribution is -0.776. The molecule has 0 aliphatic rings.